The van der Waals surface area contributed by atoms with Gasteiger partial charge in [0.1, 0.15) is 0 Å². The van der Waals surface area contributed by atoms with Crippen LogP contribution in [0.25, 0.3) is 0 Å². The third kappa shape index (κ3) is 2.88. The fourth-order valence-corrected chi connectivity index (χ4v) is 3.12. The Labute approximate surface area is 122 Å². The molecule has 5 heteroatoms. The molecule has 1 saturated heterocycles. The fourth-order valence-electron chi connectivity index (χ4n) is 2.61. The minimum absolute atomic E-state index is 0.501. The lowest BCUT2D eigenvalue weighted by Crippen LogP contribution is -2.34. The molecule has 1 aromatic heterocycles. The zero-order valence-corrected chi connectivity index (χ0v) is 12.0. The molecule has 1 fully saturated rings. The molecule has 19 heavy (non-hydrogen) atoms. The van der Waals surface area contributed by atoms with Crippen molar-refractivity contribution in [3.05, 3.63) is 46.7 Å². The first kappa shape index (κ1) is 12.8. The fraction of sp³-hybridized carbons (Fsp3) is 0.357. The maximum atomic E-state index is 6.05. The van der Waals surface area contributed by atoms with Crippen molar-refractivity contribution in [1.82, 2.24) is 9.78 Å². The summed E-state index contributed by atoms with van der Waals surface area (Å²) in [4.78, 5) is 2.33. The van der Waals surface area contributed by atoms with Crippen LogP contribution in [0, 0.1) is 0 Å². The highest BCUT2D eigenvalue weighted by Crippen LogP contribution is 2.30. The minimum atomic E-state index is 0.501. The first-order valence-electron chi connectivity index (χ1n) is 6.42. The molecule has 0 aliphatic carbocycles. The van der Waals surface area contributed by atoms with E-state index in [9.17, 15) is 0 Å². The zero-order chi connectivity index (χ0) is 13.2. The summed E-state index contributed by atoms with van der Waals surface area (Å²) in [5.74, 6) is 0. The molecule has 0 radical (unpaired) electrons. The van der Waals surface area contributed by atoms with Gasteiger partial charge in [-0.15, -0.1) is 0 Å². The molecule has 0 N–H and O–H groups in total. The van der Waals surface area contributed by atoms with Crippen LogP contribution in [0.2, 0.25) is 10.0 Å². The van der Waals surface area contributed by atoms with Gasteiger partial charge in [0.05, 0.1) is 6.04 Å². The number of hydrogen-bond donors (Lipinski definition) is 0. The van der Waals surface area contributed by atoms with Gasteiger partial charge in [0.2, 0.25) is 0 Å². The van der Waals surface area contributed by atoms with E-state index in [1.807, 2.05) is 30.6 Å². The predicted octanol–water partition coefficient (Wildman–Crippen LogP) is 4.03. The first-order chi connectivity index (χ1) is 9.22. The van der Waals surface area contributed by atoms with Crippen molar-refractivity contribution in [1.29, 1.82) is 0 Å². The molecule has 2 heterocycles. The summed E-state index contributed by atoms with van der Waals surface area (Å²) in [6, 6.07) is 8.19. The van der Waals surface area contributed by atoms with E-state index in [0.29, 0.717) is 16.1 Å². The lowest BCUT2D eigenvalue weighted by Gasteiger charge is -2.33. The molecule has 0 bridgehead atoms. The highest BCUT2D eigenvalue weighted by molar-refractivity contribution is 6.35. The lowest BCUT2D eigenvalue weighted by atomic mass is 10.0. The molecule has 0 saturated carbocycles. The van der Waals surface area contributed by atoms with Crippen molar-refractivity contribution in [2.75, 3.05) is 18.0 Å². The van der Waals surface area contributed by atoms with E-state index in [4.69, 9.17) is 23.2 Å². The van der Waals surface area contributed by atoms with Gasteiger partial charge in [-0.1, -0.05) is 23.2 Å². The van der Waals surface area contributed by atoms with Crippen molar-refractivity contribution >= 4 is 28.9 Å². The van der Waals surface area contributed by atoms with Gasteiger partial charge >= 0.3 is 0 Å². The molecule has 0 amide bonds. The number of benzene rings is 1. The van der Waals surface area contributed by atoms with Crippen molar-refractivity contribution in [2.45, 2.75) is 18.9 Å². The van der Waals surface area contributed by atoms with Crippen LogP contribution in [0.1, 0.15) is 18.9 Å². The summed E-state index contributed by atoms with van der Waals surface area (Å²) < 4.78 is 2.06. The van der Waals surface area contributed by atoms with Crippen molar-refractivity contribution in [3.8, 4) is 0 Å². The van der Waals surface area contributed by atoms with E-state index in [1.54, 1.807) is 6.07 Å². The van der Waals surface area contributed by atoms with E-state index in [1.165, 1.54) is 0 Å². The lowest BCUT2D eigenvalue weighted by molar-refractivity contribution is 0.367. The van der Waals surface area contributed by atoms with Crippen LogP contribution in [-0.2, 0) is 0 Å². The van der Waals surface area contributed by atoms with Crippen LogP contribution in [0.3, 0.4) is 0 Å². The van der Waals surface area contributed by atoms with Crippen LogP contribution in [0.15, 0.2) is 36.7 Å². The molecule has 3 nitrogen and oxygen atoms in total. The van der Waals surface area contributed by atoms with E-state index in [2.05, 4.69) is 14.7 Å². The van der Waals surface area contributed by atoms with Gasteiger partial charge in [-0.05, 0) is 37.1 Å². The Bertz CT molecular complexity index is 526. The second-order valence-electron chi connectivity index (χ2n) is 4.83. The topological polar surface area (TPSA) is 21.1 Å². The number of anilines is 1. The third-order valence-electron chi connectivity index (χ3n) is 3.58. The Balaban J connectivity index is 1.70. The first-order valence-corrected chi connectivity index (χ1v) is 7.18. The van der Waals surface area contributed by atoms with Crippen molar-refractivity contribution < 1.29 is 0 Å². The highest BCUT2D eigenvalue weighted by atomic mass is 35.5. The molecule has 1 aliphatic heterocycles. The number of nitrogens with zero attached hydrogens (tertiary/aromatic N) is 3. The smallest absolute Gasteiger partial charge is 0.0552 e. The maximum absolute atomic E-state index is 6.05. The van der Waals surface area contributed by atoms with Gasteiger partial charge in [0.15, 0.2) is 0 Å². The van der Waals surface area contributed by atoms with Crippen LogP contribution in [0.4, 0.5) is 5.69 Å². The molecule has 1 aromatic carbocycles. The summed E-state index contributed by atoms with van der Waals surface area (Å²) in [5.41, 5.74) is 1.11. The molecule has 0 unspecified atom stereocenters. The zero-order valence-electron chi connectivity index (χ0n) is 10.5. The molecule has 3 rings (SSSR count). The van der Waals surface area contributed by atoms with Gasteiger partial charge in [0, 0.05) is 41.2 Å². The Hall–Kier alpha value is -1.19. The van der Waals surface area contributed by atoms with Crippen LogP contribution >= 0.6 is 23.2 Å². The summed E-state index contributed by atoms with van der Waals surface area (Å²) >= 11 is 12.1. The Morgan fingerprint density at radius 3 is 2.32 bits per heavy atom. The quantitative estimate of drug-likeness (QED) is 0.834. The Morgan fingerprint density at radius 1 is 1.05 bits per heavy atom. The van der Waals surface area contributed by atoms with E-state index >= 15 is 0 Å². The largest absolute Gasteiger partial charge is 0.371 e. The summed E-state index contributed by atoms with van der Waals surface area (Å²) in [5, 5.41) is 5.70. The molecule has 1 aliphatic rings. The SMILES string of the molecule is Clc1cc(Cl)cc(N2CCC(n3cccn3)CC2)c1. The number of piperidine rings is 1. The standard InChI is InChI=1S/C14H15Cl2N3/c15-11-8-12(16)10-14(9-11)18-6-2-13(3-7-18)19-5-1-4-17-19/h1,4-5,8-10,13H,2-3,6-7H2. The minimum Gasteiger partial charge on any atom is -0.371 e. The van der Waals surface area contributed by atoms with Gasteiger partial charge < -0.3 is 4.90 Å². The Kier molecular flexibility index (Phi) is 3.67. The van der Waals surface area contributed by atoms with Gasteiger partial charge in [-0.25, -0.2) is 0 Å². The molecule has 0 spiro atoms. The second kappa shape index (κ2) is 5.43. The van der Waals surface area contributed by atoms with Crippen molar-refractivity contribution in [2.24, 2.45) is 0 Å². The van der Waals surface area contributed by atoms with Crippen LogP contribution in [-0.4, -0.2) is 22.9 Å². The summed E-state index contributed by atoms with van der Waals surface area (Å²) in [6.45, 7) is 2.00. The number of rotatable bonds is 2. The second-order valence-corrected chi connectivity index (χ2v) is 5.70. The normalized spacial score (nSPS) is 16.8. The van der Waals surface area contributed by atoms with Gasteiger partial charge in [-0.2, -0.15) is 5.10 Å². The molecule has 100 valence electrons. The van der Waals surface area contributed by atoms with Gasteiger partial charge in [-0.3, -0.25) is 4.68 Å². The third-order valence-corrected chi connectivity index (χ3v) is 4.01. The predicted molar refractivity (Wildman–Crippen MR) is 79.2 cm³/mol. The number of halogens is 2. The monoisotopic (exact) mass is 295 g/mol. The van der Waals surface area contributed by atoms with E-state index < -0.39 is 0 Å². The number of aromatic nitrogens is 2. The summed E-state index contributed by atoms with van der Waals surface area (Å²) in [7, 11) is 0. The average Bonchev–Trinajstić information content (AvgIpc) is 2.91. The summed E-state index contributed by atoms with van der Waals surface area (Å²) in [6.07, 6.45) is 6.05. The average molecular weight is 296 g/mol. The van der Waals surface area contributed by atoms with E-state index in [0.717, 1.165) is 31.6 Å². The van der Waals surface area contributed by atoms with E-state index in [-0.39, 0.29) is 0 Å². The highest BCUT2D eigenvalue weighted by Gasteiger charge is 2.21. The molecule has 2 aromatic rings. The Morgan fingerprint density at radius 2 is 1.74 bits per heavy atom. The van der Waals surface area contributed by atoms with Crippen molar-refractivity contribution in [3.63, 3.8) is 0 Å². The van der Waals surface area contributed by atoms with Gasteiger partial charge in [0.25, 0.3) is 0 Å². The molecular formula is C14H15Cl2N3. The molecule has 0 atom stereocenters. The maximum Gasteiger partial charge on any atom is 0.0552 e. The van der Waals surface area contributed by atoms with Crippen LogP contribution < -0.4 is 4.90 Å². The number of hydrogen-bond acceptors (Lipinski definition) is 2. The molecular weight excluding hydrogens is 281 g/mol. The van der Waals surface area contributed by atoms with Crippen LogP contribution in [0.5, 0.6) is 0 Å².